The number of carbonyl (C=O) groups is 1. The van der Waals surface area contributed by atoms with Gasteiger partial charge in [-0.25, -0.2) is 18.9 Å². The number of rotatable bonds is 4. The van der Waals surface area contributed by atoms with Crippen LogP contribution in [0.5, 0.6) is 0 Å². The quantitative estimate of drug-likeness (QED) is 0.334. The van der Waals surface area contributed by atoms with E-state index in [0.29, 0.717) is 34.0 Å². The number of imidazole rings is 1. The third-order valence-corrected chi connectivity index (χ3v) is 5.26. The first-order valence-corrected chi connectivity index (χ1v) is 10.3. The van der Waals surface area contributed by atoms with Gasteiger partial charge in [0.15, 0.2) is 5.65 Å². The van der Waals surface area contributed by atoms with Crippen LogP contribution < -0.4 is 5.32 Å². The van der Waals surface area contributed by atoms with Crippen LogP contribution in [0.1, 0.15) is 21.6 Å². The highest BCUT2D eigenvalue weighted by molar-refractivity contribution is 6.04. The highest BCUT2D eigenvalue weighted by Gasteiger charge is 2.18. The fourth-order valence-corrected chi connectivity index (χ4v) is 3.66. The number of pyridine rings is 2. The van der Waals surface area contributed by atoms with Crippen LogP contribution in [0.25, 0.3) is 28.2 Å². The molecule has 5 rings (SSSR count). The zero-order valence-corrected chi connectivity index (χ0v) is 20.4. The van der Waals surface area contributed by atoms with Gasteiger partial charge in [-0.1, -0.05) is 0 Å². The van der Waals surface area contributed by atoms with E-state index in [-0.39, 0.29) is 36.5 Å². The minimum Gasteiger partial charge on any atom is -0.307 e. The van der Waals surface area contributed by atoms with Crippen LogP contribution in [0.4, 0.5) is 10.2 Å². The van der Waals surface area contributed by atoms with Gasteiger partial charge >= 0.3 is 0 Å². The van der Waals surface area contributed by atoms with Crippen LogP contribution in [0.3, 0.4) is 0 Å². The van der Waals surface area contributed by atoms with Crippen molar-refractivity contribution in [1.82, 2.24) is 24.6 Å². The number of carbonyl (C=O) groups excluding carboxylic acids is 1. The van der Waals surface area contributed by atoms with E-state index in [9.17, 15) is 9.18 Å². The van der Waals surface area contributed by atoms with Gasteiger partial charge in [0.25, 0.3) is 5.91 Å². The Morgan fingerprint density at radius 1 is 0.914 bits per heavy atom. The summed E-state index contributed by atoms with van der Waals surface area (Å²) in [5.41, 5.74) is 5.32. The highest BCUT2D eigenvalue weighted by atomic mass is 35.5. The summed E-state index contributed by atoms with van der Waals surface area (Å²) in [6, 6.07) is 15.5. The smallest absolute Gasteiger partial charge is 0.256 e. The van der Waals surface area contributed by atoms with E-state index in [1.165, 1.54) is 6.07 Å². The fourth-order valence-electron chi connectivity index (χ4n) is 3.66. The molecule has 0 spiro atoms. The van der Waals surface area contributed by atoms with Gasteiger partial charge in [0.1, 0.15) is 17.3 Å². The molecule has 0 aliphatic rings. The van der Waals surface area contributed by atoms with Crippen molar-refractivity contribution < 1.29 is 9.18 Å². The Kier molecular flexibility index (Phi) is 7.78. The fraction of sp³-hybridized carbons (Fsp3) is 0.0800. The number of nitrogens with one attached hydrogen (secondary N) is 1. The zero-order valence-electron chi connectivity index (χ0n) is 18.8. The summed E-state index contributed by atoms with van der Waals surface area (Å²) in [5.74, 6) is -0.169. The van der Waals surface area contributed by atoms with Crippen LogP contribution >= 0.6 is 24.8 Å². The summed E-state index contributed by atoms with van der Waals surface area (Å²) in [6.45, 7) is 3.54. The van der Waals surface area contributed by atoms with E-state index in [2.05, 4.69) is 20.4 Å². The molecule has 0 atom stereocenters. The Morgan fingerprint density at radius 2 is 1.71 bits per heavy atom. The Bertz CT molecular complexity index is 1520. The van der Waals surface area contributed by atoms with Crippen LogP contribution in [-0.2, 0) is 0 Å². The maximum atomic E-state index is 13.9. The number of nitrogens with zero attached hydrogens (tertiary/aromatic N) is 5. The van der Waals surface area contributed by atoms with Crippen molar-refractivity contribution in [1.29, 1.82) is 0 Å². The molecule has 4 heterocycles. The summed E-state index contributed by atoms with van der Waals surface area (Å²) in [7, 11) is 0. The second kappa shape index (κ2) is 10.6. The normalized spacial score (nSPS) is 10.4. The van der Waals surface area contributed by atoms with Crippen LogP contribution in [0, 0.1) is 19.7 Å². The second-order valence-electron chi connectivity index (χ2n) is 7.64. The average Bonchev–Trinajstić information content (AvgIpc) is 3.21. The molecule has 0 aliphatic heterocycles. The van der Waals surface area contributed by atoms with Crippen molar-refractivity contribution >= 4 is 42.2 Å². The van der Waals surface area contributed by atoms with E-state index in [1.54, 1.807) is 66.4 Å². The highest BCUT2D eigenvalue weighted by Crippen LogP contribution is 2.33. The number of benzene rings is 1. The molecule has 0 aliphatic carbocycles. The molecule has 178 valence electrons. The summed E-state index contributed by atoms with van der Waals surface area (Å²) in [6.07, 6.45) is 4.88. The number of hydrogen-bond acceptors (Lipinski definition) is 5. The van der Waals surface area contributed by atoms with Crippen molar-refractivity contribution in [2.45, 2.75) is 13.8 Å². The van der Waals surface area contributed by atoms with Crippen molar-refractivity contribution in [3.63, 3.8) is 0 Å². The summed E-state index contributed by atoms with van der Waals surface area (Å²) < 4.78 is 15.6. The third-order valence-electron chi connectivity index (χ3n) is 5.26. The van der Waals surface area contributed by atoms with E-state index >= 15 is 0 Å². The van der Waals surface area contributed by atoms with Crippen LogP contribution in [0.15, 0.2) is 73.2 Å². The molecule has 1 aromatic carbocycles. The molecule has 1 N–H and O–H groups in total. The van der Waals surface area contributed by atoms with E-state index < -0.39 is 0 Å². The van der Waals surface area contributed by atoms with Crippen LogP contribution in [-0.4, -0.2) is 30.5 Å². The van der Waals surface area contributed by atoms with Crippen molar-refractivity contribution in [3.8, 4) is 22.5 Å². The van der Waals surface area contributed by atoms with Crippen molar-refractivity contribution in [2.24, 2.45) is 0 Å². The maximum Gasteiger partial charge on any atom is 0.256 e. The molecule has 0 fully saturated rings. The standard InChI is InChI=1S/C25H19FN6O.2ClH/c1-15-12-17(5-6-20(15)26)23-24(32-22(31-23)4-3-9-29-32)18-7-11-28-21(14-18)30-25(33)19-8-10-27-16(2)13-19;;/h3-14H,1-2H3,(H,28,30,33);2*1H. The minimum atomic E-state index is -0.282. The molecule has 0 unspecified atom stereocenters. The number of anilines is 1. The number of aryl methyl sites for hydroxylation is 2. The molecular formula is C25H21Cl2FN6O. The lowest BCUT2D eigenvalue weighted by molar-refractivity contribution is 0.102. The van der Waals surface area contributed by atoms with Gasteiger partial charge in [0.05, 0.1) is 5.69 Å². The lowest BCUT2D eigenvalue weighted by Gasteiger charge is -2.09. The molecule has 5 aromatic rings. The number of aromatic nitrogens is 5. The number of amides is 1. The first-order valence-electron chi connectivity index (χ1n) is 10.3. The molecule has 0 saturated carbocycles. The SMILES string of the molecule is Cc1cc(C(=O)Nc2cc(-c3c(-c4ccc(F)c(C)c4)nc4cccnn34)ccn2)ccn1.Cl.Cl. The molecular weight excluding hydrogens is 490 g/mol. The number of halogens is 3. The van der Waals surface area contributed by atoms with Gasteiger partial charge < -0.3 is 5.32 Å². The Labute approximate surface area is 213 Å². The van der Waals surface area contributed by atoms with Gasteiger partial charge in [-0.05, 0) is 74.0 Å². The van der Waals surface area contributed by atoms with Crippen molar-refractivity contribution in [3.05, 3.63) is 95.8 Å². The molecule has 35 heavy (non-hydrogen) atoms. The monoisotopic (exact) mass is 510 g/mol. The lowest BCUT2D eigenvalue weighted by atomic mass is 10.0. The van der Waals surface area contributed by atoms with E-state index in [1.807, 2.05) is 19.1 Å². The van der Waals surface area contributed by atoms with Gasteiger partial charge in [0, 0.05) is 41.0 Å². The van der Waals surface area contributed by atoms with Gasteiger partial charge in [0.2, 0.25) is 0 Å². The minimum absolute atomic E-state index is 0. The maximum absolute atomic E-state index is 13.9. The number of hydrogen-bond donors (Lipinski definition) is 1. The van der Waals surface area contributed by atoms with Crippen LogP contribution in [0.2, 0.25) is 0 Å². The Balaban J connectivity index is 0.00000171. The molecule has 1 amide bonds. The second-order valence-corrected chi connectivity index (χ2v) is 7.64. The first-order chi connectivity index (χ1) is 16.0. The van der Waals surface area contributed by atoms with E-state index in [0.717, 1.165) is 16.8 Å². The van der Waals surface area contributed by atoms with E-state index in [4.69, 9.17) is 4.98 Å². The van der Waals surface area contributed by atoms with Gasteiger partial charge in [-0.2, -0.15) is 5.10 Å². The average molecular weight is 511 g/mol. The molecule has 4 aromatic heterocycles. The Hall–Kier alpha value is -3.88. The third kappa shape index (κ3) is 5.13. The van der Waals surface area contributed by atoms with Gasteiger partial charge in [-0.3, -0.25) is 9.78 Å². The topological polar surface area (TPSA) is 85.1 Å². The predicted octanol–water partition coefficient (Wildman–Crippen LogP) is 5.71. The summed E-state index contributed by atoms with van der Waals surface area (Å²) >= 11 is 0. The molecule has 0 saturated heterocycles. The molecule has 0 radical (unpaired) electrons. The lowest BCUT2D eigenvalue weighted by Crippen LogP contribution is -2.13. The molecule has 7 nitrogen and oxygen atoms in total. The molecule has 0 bridgehead atoms. The molecule has 10 heteroatoms. The first kappa shape index (κ1) is 25.7. The Morgan fingerprint density at radius 3 is 2.49 bits per heavy atom. The predicted molar refractivity (Wildman–Crippen MR) is 138 cm³/mol. The van der Waals surface area contributed by atoms with Crippen molar-refractivity contribution in [2.75, 3.05) is 5.32 Å². The largest absolute Gasteiger partial charge is 0.307 e. The summed E-state index contributed by atoms with van der Waals surface area (Å²) in [4.78, 5) is 25.8. The zero-order chi connectivity index (χ0) is 22.9. The summed E-state index contributed by atoms with van der Waals surface area (Å²) in [5, 5.41) is 7.29. The number of fused-ring (bicyclic) bond motifs is 1. The van der Waals surface area contributed by atoms with Gasteiger partial charge in [-0.15, -0.1) is 24.8 Å².